The Hall–Kier alpha value is -4.13. The fourth-order valence-electron chi connectivity index (χ4n) is 2.71. The van der Waals surface area contributed by atoms with Crippen molar-refractivity contribution >= 4 is 5.97 Å². The van der Waals surface area contributed by atoms with Crippen LogP contribution in [0.25, 0.3) is 11.3 Å². The number of pyridine rings is 1. The number of aryl methyl sites for hydroxylation is 1. The van der Waals surface area contributed by atoms with E-state index in [0.29, 0.717) is 11.4 Å². The van der Waals surface area contributed by atoms with E-state index < -0.39 is 5.97 Å². The van der Waals surface area contributed by atoms with Crippen LogP contribution in [-0.2, 0) is 7.05 Å². The molecule has 0 atom stereocenters. The molecule has 7 nitrogen and oxygen atoms in total. The number of imidazole rings is 1. The lowest BCUT2D eigenvalue weighted by molar-refractivity contribution is 0.0722. The van der Waals surface area contributed by atoms with Crippen LogP contribution >= 0.6 is 0 Å². The Kier molecular flexibility index (Phi) is 4.94. The molecule has 0 amide bonds. The van der Waals surface area contributed by atoms with E-state index >= 15 is 0 Å². The number of rotatable bonds is 5. The summed E-state index contributed by atoms with van der Waals surface area (Å²) in [5.41, 5.74) is 1.27. The van der Waals surface area contributed by atoms with Gasteiger partial charge in [0, 0.05) is 24.9 Å². The summed E-state index contributed by atoms with van der Waals surface area (Å²) in [5.74, 6) is 1.07. The van der Waals surface area contributed by atoms with Gasteiger partial charge in [-0.15, -0.1) is 0 Å². The van der Waals surface area contributed by atoms with Crippen molar-refractivity contribution in [3.8, 4) is 28.5 Å². The number of hydrogen-bond donors (Lipinski definition) is 1. The van der Waals surface area contributed by atoms with E-state index in [9.17, 15) is 9.59 Å². The van der Waals surface area contributed by atoms with Crippen LogP contribution in [0.1, 0.15) is 10.6 Å². The van der Waals surface area contributed by atoms with Crippen molar-refractivity contribution in [2.24, 2.45) is 7.05 Å². The van der Waals surface area contributed by atoms with Crippen LogP contribution in [0.2, 0.25) is 0 Å². The highest BCUT2D eigenvalue weighted by atomic mass is 16.5. The van der Waals surface area contributed by atoms with Crippen LogP contribution in [0.4, 0.5) is 0 Å². The number of para-hydroxylation sites is 1. The standard InChI is InChI=1S/C22H17N3O4/c1-25-14-18(10-11-20(25)26)29-22(27)21-23-13-19(24-21)15-6-5-9-17(12-15)28-16-7-3-2-4-8-16/h2-14H,1H3,(H,23,24). The van der Waals surface area contributed by atoms with Gasteiger partial charge in [-0.2, -0.15) is 0 Å². The SMILES string of the molecule is Cn1cc(OC(=O)c2ncc(-c3cccc(Oc4ccccc4)c3)[nH]2)ccc1=O. The third-order valence-electron chi connectivity index (χ3n) is 4.16. The second-order valence-corrected chi connectivity index (χ2v) is 6.29. The molecule has 0 aliphatic carbocycles. The lowest BCUT2D eigenvalue weighted by atomic mass is 10.1. The Morgan fingerprint density at radius 3 is 2.55 bits per heavy atom. The van der Waals surface area contributed by atoms with E-state index in [4.69, 9.17) is 9.47 Å². The third-order valence-corrected chi connectivity index (χ3v) is 4.16. The number of carbonyl (C=O) groups excluding carboxylic acids is 1. The molecular weight excluding hydrogens is 370 g/mol. The molecule has 0 saturated heterocycles. The first-order valence-electron chi connectivity index (χ1n) is 8.86. The predicted molar refractivity (Wildman–Crippen MR) is 107 cm³/mol. The first-order chi connectivity index (χ1) is 14.1. The molecule has 144 valence electrons. The largest absolute Gasteiger partial charge is 0.457 e. The topological polar surface area (TPSA) is 86.2 Å². The summed E-state index contributed by atoms with van der Waals surface area (Å²) < 4.78 is 12.4. The Morgan fingerprint density at radius 1 is 0.966 bits per heavy atom. The van der Waals surface area contributed by atoms with E-state index in [1.54, 1.807) is 13.2 Å². The third kappa shape index (κ3) is 4.24. The first-order valence-corrected chi connectivity index (χ1v) is 8.86. The van der Waals surface area contributed by atoms with Crippen LogP contribution in [0.15, 0.2) is 83.9 Å². The Labute approximate surface area is 166 Å². The molecule has 4 rings (SSSR count). The van der Waals surface area contributed by atoms with Gasteiger partial charge < -0.3 is 19.0 Å². The zero-order valence-corrected chi connectivity index (χ0v) is 15.5. The Balaban J connectivity index is 1.51. The van der Waals surface area contributed by atoms with Crippen molar-refractivity contribution in [3.63, 3.8) is 0 Å². The van der Waals surface area contributed by atoms with Gasteiger partial charge in [0.05, 0.1) is 11.9 Å². The molecule has 0 aliphatic heterocycles. The van der Waals surface area contributed by atoms with Crippen molar-refractivity contribution in [3.05, 3.63) is 95.3 Å². The number of aromatic amines is 1. The van der Waals surface area contributed by atoms with E-state index in [2.05, 4.69) is 9.97 Å². The highest BCUT2D eigenvalue weighted by molar-refractivity contribution is 5.88. The molecule has 0 unspecified atom stereocenters. The lowest BCUT2D eigenvalue weighted by Gasteiger charge is -2.07. The first kappa shape index (κ1) is 18.2. The summed E-state index contributed by atoms with van der Waals surface area (Å²) >= 11 is 0. The molecule has 0 radical (unpaired) electrons. The van der Waals surface area contributed by atoms with Gasteiger partial charge in [-0.1, -0.05) is 30.3 Å². The van der Waals surface area contributed by atoms with Gasteiger partial charge in [0.25, 0.3) is 5.56 Å². The number of nitrogens with one attached hydrogen (secondary N) is 1. The quantitative estimate of drug-likeness (QED) is 0.527. The van der Waals surface area contributed by atoms with Crippen molar-refractivity contribution in [1.82, 2.24) is 14.5 Å². The van der Waals surface area contributed by atoms with Gasteiger partial charge in [0.1, 0.15) is 17.2 Å². The van der Waals surface area contributed by atoms with Gasteiger partial charge >= 0.3 is 5.97 Å². The Bertz CT molecular complexity index is 1210. The lowest BCUT2D eigenvalue weighted by Crippen LogP contribution is -2.16. The number of carbonyl (C=O) groups is 1. The second-order valence-electron chi connectivity index (χ2n) is 6.29. The number of H-pyrrole nitrogens is 1. The van der Waals surface area contributed by atoms with Crippen molar-refractivity contribution in [2.45, 2.75) is 0 Å². The van der Waals surface area contributed by atoms with Crippen LogP contribution in [-0.4, -0.2) is 20.5 Å². The summed E-state index contributed by atoms with van der Waals surface area (Å²) in [4.78, 5) is 30.8. The molecule has 2 aromatic heterocycles. The average Bonchev–Trinajstić information content (AvgIpc) is 3.22. The highest BCUT2D eigenvalue weighted by Crippen LogP contribution is 2.26. The van der Waals surface area contributed by atoms with Crippen LogP contribution in [0.5, 0.6) is 17.2 Å². The van der Waals surface area contributed by atoms with Crippen LogP contribution < -0.4 is 15.0 Å². The maximum Gasteiger partial charge on any atom is 0.379 e. The molecule has 7 heteroatoms. The summed E-state index contributed by atoms with van der Waals surface area (Å²) in [6.07, 6.45) is 2.99. The van der Waals surface area contributed by atoms with Gasteiger partial charge in [0.2, 0.25) is 5.82 Å². The smallest absolute Gasteiger partial charge is 0.379 e. The fraction of sp³-hybridized carbons (Fsp3) is 0.0455. The number of ether oxygens (including phenoxy) is 2. The molecule has 0 fully saturated rings. The molecule has 0 bridgehead atoms. The number of hydrogen-bond acceptors (Lipinski definition) is 5. The minimum absolute atomic E-state index is 0.0585. The van der Waals surface area contributed by atoms with Gasteiger partial charge in [0.15, 0.2) is 0 Å². The molecule has 1 N–H and O–H groups in total. The average molecular weight is 387 g/mol. The summed E-state index contributed by atoms with van der Waals surface area (Å²) in [7, 11) is 1.58. The molecule has 0 spiro atoms. The summed E-state index contributed by atoms with van der Waals surface area (Å²) in [6.45, 7) is 0. The zero-order chi connectivity index (χ0) is 20.2. The molecule has 2 heterocycles. The molecule has 0 aliphatic rings. The van der Waals surface area contributed by atoms with Gasteiger partial charge in [-0.25, -0.2) is 9.78 Å². The van der Waals surface area contributed by atoms with Gasteiger partial charge in [-0.3, -0.25) is 4.79 Å². The van der Waals surface area contributed by atoms with E-state index in [0.717, 1.165) is 11.3 Å². The van der Waals surface area contributed by atoms with E-state index in [1.807, 2.05) is 54.6 Å². The molecule has 4 aromatic rings. The number of esters is 1. The second kappa shape index (κ2) is 7.85. The number of benzene rings is 2. The van der Waals surface area contributed by atoms with E-state index in [1.165, 1.54) is 22.9 Å². The number of aromatic nitrogens is 3. The highest BCUT2D eigenvalue weighted by Gasteiger charge is 2.14. The maximum atomic E-state index is 12.3. The molecule has 0 saturated carbocycles. The summed E-state index contributed by atoms with van der Waals surface area (Å²) in [6, 6.07) is 19.7. The normalized spacial score (nSPS) is 10.5. The minimum Gasteiger partial charge on any atom is -0.457 e. The molecule has 29 heavy (non-hydrogen) atoms. The van der Waals surface area contributed by atoms with Crippen molar-refractivity contribution in [2.75, 3.05) is 0 Å². The maximum absolute atomic E-state index is 12.3. The predicted octanol–water partition coefficient (Wildman–Crippen LogP) is 3.79. The number of nitrogens with zero attached hydrogens (tertiary/aromatic N) is 2. The van der Waals surface area contributed by atoms with Crippen molar-refractivity contribution < 1.29 is 14.3 Å². The summed E-state index contributed by atoms with van der Waals surface area (Å²) in [5, 5.41) is 0. The van der Waals surface area contributed by atoms with Gasteiger partial charge in [-0.05, 0) is 30.3 Å². The fourth-order valence-corrected chi connectivity index (χ4v) is 2.71. The van der Waals surface area contributed by atoms with Crippen molar-refractivity contribution in [1.29, 1.82) is 0 Å². The molecule has 2 aromatic carbocycles. The minimum atomic E-state index is -0.647. The van der Waals surface area contributed by atoms with Crippen LogP contribution in [0, 0.1) is 0 Å². The molecular formula is C22H17N3O4. The van der Waals surface area contributed by atoms with E-state index in [-0.39, 0.29) is 17.1 Å². The monoisotopic (exact) mass is 387 g/mol. The van der Waals surface area contributed by atoms with Crippen LogP contribution in [0.3, 0.4) is 0 Å². The zero-order valence-electron chi connectivity index (χ0n) is 15.5. The Morgan fingerprint density at radius 2 is 1.76 bits per heavy atom.